The average Bonchev–Trinajstić information content (AvgIpc) is 2.75. The summed E-state index contributed by atoms with van der Waals surface area (Å²) in [6, 6.07) is 0. The van der Waals surface area contributed by atoms with Crippen molar-refractivity contribution in [1.82, 2.24) is 4.90 Å². The fourth-order valence-electron chi connectivity index (χ4n) is 2.65. The maximum atomic E-state index is 12.2. The largest absolute Gasteiger partial charge is 0.480 e. The first-order valence-electron chi connectivity index (χ1n) is 5.36. The lowest BCUT2D eigenvalue weighted by Crippen LogP contribution is -2.42. The number of hydrogen-bond acceptors (Lipinski definition) is 4. The van der Waals surface area contributed by atoms with Crippen molar-refractivity contribution in [2.24, 2.45) is 5.92 Å². The van der Waals surface area contributed by atoms with Crippen molar-refractivity contribution in [2.45, 2.75) is 23.1 Å². The third-order valence-corrected chi connectivity index (χ3v) is 6.09. The number of sulfone groups is 1. The monoisotopic (exact) mass is 301 g/mol. The van der Waals surface area contributed by atoms with Crippen LogP contribution >= 0.6 is 0 Å². The second-order valence-electron chi connectivity index (χ2n) is 4.66. The van der Waals surface area contributed by atoms with Gasteiger partial charge in [0.25, 0.3) is 0 Å². The average molecular weight is 301 g/mol. The Morgan fingerprint density at radius 1 is 1.21 bits per heavy atom. The van der Waals surface area contributed by atoms with Crippen LogP contribution in [0.2, 0.25) is 0 Å². The minimum atomic E-state index is -5.05. The van der Waals surface area contributed by atoms with Crippen molar-refractivity contribution in [1.29, 1.82) is 0 Å². The van der Waals surface area contributed by atoms with Gasteiger partial charge in [-0.1, -0.05) is 0 Å². The first-order chi connectivity index (χ1) is 8.55. The van der Waals surface area contributed by atoms with Gasteiger partial charge in [0.2, 0.25) is 0 Å². The van der Waals surface area contributed by atoms with Gasteiger partial charge in [-0.3, -0.25) is 9.59 Å². The zero-order chi connectivity index (χ0) is 14.6. The topological polar surface area (TPSA) is 91.8 Å². The van der Waals surface area contributed by atoms with Gasteiger partial charge in [-0.05, 0) is 12.3 Å². The summed E-state index contributed by atoms with van der Waals surface area (Å²) in [5.74, 6) is -4.32. The van der Waals surface area contributed by atoms with E-state index in [0.717, 1.165) is 0 Å². The summed E-state index contributed by atoms with van der Waals surface area (Å²) in [4.78, 5) is 22.2. The Morgan fingerprint density at radius 2 is 1.79 bits per heavy atom. The number of nitrogens with zero attached hydrogens (tertiary/aromatic N) is 1. The minimum absolute atomic E-state index is 0.246. The van der Waals surface area contributed by atoms with Crippen LogP contribution in [0.5, 0.6) is 0 Å². The summed E-state index contributed by atoms with van der Waals surface area (Å²) in [6.45, 7) is -0.957. The maximum Gasteiger partial charge on any atom is 0.471 e. The van der Waals surface area contributed by atoms with Crippen LogP contribution in [0.15, 0.2) is 0 Å². The highest BCUT2D eigenvalue weighted by Crippen LogP contribution is 2.39. The number of carboxylic acids is 1. The first kappa shape index (κ1) is 14.1. The molecule has 0 aromatic heterocycles. The van der Waals surface area contributed by atoms with E-state index in [1.54, 1.807) is 0 Å². The van der Waals surface area contributed by atoms with Crippen molar-refractivity contribution < 1.29 is 36.3 Å². The smallest absolute Gasteiger partial charge is 0.471 e. The highest BCUT2D eigenvalue weighted by molar-refractivity contribution is 7.93. The van der Waals surface area contributed by atoms with Crippen LogP contribution in [0, 0.1) is 5.92 Å². The highest BCUT2D eigenvalue weighted by Gasteiger charge is 2.57. The quantitative estimate of drug-likeness (QED) is 0.714. The van der Waals surface area contributed by atoms with Crippen molar-refractivity contribution in [3.63, 3.8) is 0 Å². The van der Waals surface area contributed by atoms with Crippen LogP contribution in [0.3, 0.4) is 0 Å². The van der Waals surface area contributed by atoms with Crippen LogP contribution in [0.25, 0.3) is 0 Å². The van der Waals surface area contributed by atoms with Gasteiger partial charge in [0.15, 0.2) is 15.1 Å². The lowest BCUT2D eigenvalue weighted by molar-refractivity contribution is -0.184. The molecule has 0 spiro atoms. The fourth-order valence-corrected chi connectivity index (χ4v) is 4.99. The molecule has 0 radical (unpaired) electrons. The number of fused-ring (bicyclic) bond motifs is 1. The van der Waals surface area contributed by atoms with E-state index in [0.29, 0.717) is 4.90 Å². The molecule has 1 amide bonds. The molecule has 0 saturated carbocycles. The molecule has 2 heterocycles. The van der Waals surface area contributed by atoms with Gasteiger partial charge in [-0.25, -0.2) is 8.42 Å². The lowest BCUT2D eigenvalue weighted by atomic mass is 10.0. The van der Waals surface area contributed by atoms with Crippen molar-refractivity contribution in [3.8, 4) is 0 Å². The van der Waals surface area contributed by atoms with E-state index in [1.807, 2.05) is 0 Å². The lowest BCUT2D eigenvalue weighted by Gasteiger charge is -2.19. The molecule has 2 saturated heterocycles. The Bertz CT molecular complexity index is 528. The number of hydrogen-bond donors (Lipinski definition) is 1. The van der Waals surface area contributed by atoms with Gasteiger partial charge < -0.3 is 10.0 Å². The van der Waals surface area contributed by atoms with E-state index in [-0.39, 0.29) is 13.0 Å². The molecule has 108 valence electrons. The molecule has 19 heavy (non-hydrogen) atoms. The number of amides is 1. The molecular weight excluding hydrogens is 291 g/mol. The summed E-state index contributed by atoms with van der Waals surface area (Å²) in [6.07, 6.45) is -5.29. The van der Waals surface area contributed by atoms with Gasteiger partial charge in [-0.15, -0.1) is 0 Å². The van der Waals surface area contributed by atoms with Gasteiger partial charge in [0, 0.05) is 13.1 Å². The van der Waals surface area contributed by atoms with Gasteiger partial charge in [0.1, 0.15) is 0 Å². The number of carbonyl (C=O) groups is 2. The zero-order valence-corrected chi connectivity index (χ0v) is 10.2. The van der Waals surface area contributed by atoms with Crippen LogP contribution in [0.4, 0.5) is 13.2 Å². The van der Waals surface area contributed by atoms with E-state index in [9.17, 15) is 31.2 Å². The predicted octanol–water partition coefficient (Wildman–Crippen LogP) is -0.353. The summed E-state index contributed by atoms with van der Waals surface area (Å²) in [7, 11) is -4.04. The molecule has 2 fully saturated rings. The SMILES string of the molecule is O=C(O)C1C[C@@H]2CN(C(=O)C(F)(F)F)C[C@@H]2S1(=O)=O. The minimum Gasteiger partial charge on any atom is -0.480 e. The Balaban J connectivity index is 2.19. The molecule has 2 aliphatic heterocycles. The Morgan fingerprint density at radius 3 is 2.21 bits per heavy atom. The van der Waals surface area contributed by atoms with Gasteiger partial charge >= 0.3 is 18.1 Å². The second kappa shape index (κ2) is 4.09. The van der Waals surface area contributed by atoms with Crippen molar-refractivity contribution in [3.05, 3.63) is 0 Å². The Kier molecular flexibility index (Phi) is 3.03. The van der Waals surface area contributed by atoms with Crippen LogP contribution in [0.1, 0.15) is 6.42 Å². The van der Waals surface area contributed by atoms with Crippen molar-refractivity contribution >= 4 is 21.7 Å². The van der Waals surface area contributed by atoms with E-state index in [1.165, 1.54) is 0 Å². The molecule has 1 unspecified atom stereocenters. The molecule has 0 aromatic carbocycles. The van der Waals surface area contributed by atoms with Crippen LogP contribution < -0.4 is 0 Å². The first-order valence-corrected chi connectivity index (χ1v) is 6.97. The number of halogens is 3. The summed E-state index contributed by atoms with van der Waals surface area (Å²) < 4.78 is 60.4. The van der Waals surface area contributed by atoms with E-state index in [2.05, 4.69) is 0 Å². The molecule has 0 aromatic rings. The number of carbonyl (C=O) groups excluding carboxylic acids is 1. The molecule has 2 rings (SSSR count). The normalized spacial score (nSPS) is 33.2. The Hall–Kier alpha value is -1.32. The van der Waals surface area contributed by atoms with E-state index < -0.39 is 50.9 Å². The predicted molar refractivity (Wildman–Crippen MR) is 54.9 cm³/mol. The molecule has 6 nitrogen and oxygen atoms in total. The number of carboxylic acid groups (broad SMARTS) is 1. The summed E-state index contributed by atoms with van der Waals surface area (Å²) in [5.41, 5.74) is 0. The number of alkyl halides is 3. The fraction of sp³-hybridized carbons (Fsp3) is 0.778. The molecule has 3 atom stereocenters. The maximum absolute atomic E-state index is 12.2. The number of aliphatic carboxylic acids is 1. The molecule has 10 heteroatoms. The van der Waals surface area contributed by atoms with E-state index in [4.69, 9.17) is 5.11 Å². The van der Waals surface area contributed by atoms with Gasteiger partial charge in [-0.2, -0.15) is 13.2 Å². The molecule has 0 bridgehead atoms. The number of rotatable bonds is 1. The van der Waals surface area contributed by atoms with Crippen LogP contribution in [-0.4, -0.2) is 60.1 Å². The Labute approximate surface area is 106 Å². The third kappa shape index (κ3) is 2.17. The molecule has 2 aliphatic rings. The van der Waals surface area contributed by atoms with Gasteiger partial charge in [0.05, 0.1) is 5.25 Å². The molecular formula is C9H10F3NO5S. The van der Waals surface area contributed by atoms with Crippen molar-refractivity contribution in [2.75, 3.05) is 13.1 Å². The second-order valence-corrected chi connectivity index (χ2v) is 7.01. The zero-order valence-electron chi connectivity index (χ0n) is 9.42. The summed E-state index contributed by atoms with van der Waals surface area (Å²) in [5, 5.41) is 5.98. The van der Waals surface area contributed by atoms with Crippen LogP contribution in [-0.2, 0) is 19.4 Å². The number of likely N-dealkylation sites (tertiary alicyclic amines) is 1. The highest BCUT2D eigenvalue weighted by atomic mass is 32.2. The third-order valence-electron chi connectivity index (χ3n) is 3.52. The summed E-state index contributed by atoms with van der Waals surface area (Å²) >= 11 is 0. The molecule has 0 aliphatic carbocycles. The molecule has 1 N–H and O–H groups in total. The van der Waals surface area contributed by atoms with E-state index >= 15 is 0 Å². The standard InChI is InChI=1S/C9H10F3NO5S/c10-9(11,12)8(16)13-2-4-1-5(7(14)15)19(17,18)6(4)3-13/h4-6H,1-3H2,(H,14,15)/t4-,5?,6+/m1/s1.